The summed E-state index contributed by atoms with van der Waals surface area (Å²) in [5.74, 6) is 0.482. The van der Waals surface area contributed by atoms with Crippen molar-refractivity contribution in [2.75, 3.05) is 26.2 Å². The molecule has 35 heavy (non-hydrogen) atoms. The van der Waals surface area contributed by atoms with E-state index in [1.54, 1.807) is 18.2 Å². The highest BCUT2D eigenvalue weighted by molar-refractivity contribution is 5.93. The van der Waals surface area contributed by atoms with E-state index in [1.807, 2.05) is 42.2 Å². The number of nitrogens with two attached hydrogens (primary N) is 1. The van der Waals surface area contributed by atoms with Gasteiger partial charge in [-0.3, -0.25) is 4.79 Å². The van der Waals surface area contributed by atoms with Gasteiger partial charge < -0.3 is 15.5 Å². The average molecular weight is 473 g/mol. The van der Waals surface area contributed by atoms with Gasteiger partial charge in [-0.2, -0.15) is 0 Å². The number of amides is 1. The van der Waals surface area contributed by atoms with Crippen LogP contribution in [0.4, 0.5) is 4.39 Å². The monoisotopic (exact) mass is 472 g/mol. The van der Waals surface area contributed by atoms with Gasteiger partial charge in [0.05, 0.1) is 5.69 Å². The van der Waals surface area contributed by atoms with E-state index < -0.39 is 0 Å². The van der Waals surface area contributed by atoms with Gasteiger partial charge in [-0.05, 0) is 67.6 Å². The first-order valence-electron chi connectivity index (χ1n) is 12.5. The summed E-state index contributed by atoms with van der Waals surface area (Å²) in [6, 6.07) is 22.8. The van der Waals surface area contributed by atoms with Crippen molar-refractivity contribution in [1.29, 1.82) is 0 Å². The van der Waals surface area contributed by atoms with Crippen LogP contribution in [0.5, 0.6) is 0 Å². The fourth-order valence-electron chi connectivity index (χ4n) is 5.58. The lowest BCUT2D eigenvalue weighted by Crippen LogP contribution is -2.43. The number of carbonyl (C=O) groups is 1. The molecule has 0 radical (unpaired) electrons. The van der Waals surface area contributed by atoms with Crippen LogP contribution in [0.2, 0.25) is 0 Å². The highest BCUT2D eigenvalue weighted by atomic mass is 19.1. The Labute approximate surface area is 206 Å². The second-order valence-corrected chi connectivity index (χ2v) is 9.99. The molecule has 0 spiro atoms. The van der Waals surface area contributed by atoms with Gasteiger partial charge in [-0.25, -0.2) is 9.37 Å². The zero-order chi connectivity index (χ0) is 24.4. The summed E-state index contributed by atoms with van der Waals surface area (Å²) in [4.78, 5) is 22.7. The molecule has 4 atom stereocenters. The number of likely N-dealkylation sites (tertiary alicyclic amines) is 2. The highest BCUT2D eigenvalue weighted by Gasteiger charge is 2.38. The molecule has 2 saturated heterocycles. The molecule has 3 heterocycles. The van der Waals surface area contributed by atoms with Crippen LogP contribution >= 0.6 is 0 Å². The molecule has 5 rings (SSSR count). The van der Waals surface area contributed by atoms with E-state index in [2.05, 4.69) is 34.1 Å². The lowest BCUT2D eigenvalue weighted by atomic mass is 9.96. The maximum atomic E-state index is 13.7. The third-order valence-corrected chi connectivity index (χ3v) is 7.49. The summed E-state index contributed by atoms with van der Waals surface area (Å²) < 4.78 is 13.4. The Morgan fingerprint density at radius 3 is 2.49 bits per heavy atom. The first-order valence-corrected chi connectivity index (χ1v) is 12.5. The third-order valence-electron chi connectivity index (χ3n) is 7.49. The van der Waals surface area contributed by atoms with Crippen molar-refractivity contribution in [3.63, 3.8) is 0 Å². The predicted molar refractivity (Wildman–Crippen MR) is 136 cm³/mol. The second kappa shape index (κ2) is 10.3. The minimum absolute atomic E-state index is 0.0230. The Morgan fingerprint density at radius 2 is 1.74 bits per heavy atom. The Hall–Kier alpha value is -3.09. The van der Waals surface area contributed by atoms with Crippen molar-refractivity contribution >= 4 is 5.91 Å². The summed E-state index contributed by atoms with van der Waals surface area (Å²) in [7, 11) is 0. The van der Waals surface area contributed by atoms with Crippen molar-refractivity contribution in [2.45, 2.75) is 43.7 Å². The number of nitrogens with zero attached hydrogens (tertiary/aromatic N) is 3. The zero-order valence-corrected chi connectivity index (χ0v) is 20.2. The molecular formula is C29H33FN4O. The number of hydrogen-bond acceptors (Lipinski definition) is 4. The SMILES string of the molecule is CC(N)c1cccc(C(=O)N2C[C@@H](c3ccccc3)C[C@H]2CN2CCC(c3ccc(F)cc3)C2)n1. The van der Waals surface area contributed by atoms with E-state index in [9.17, 15) is 9.18 Å². The zero-order valence-electron chi connectivity index (χ0n) is 20.2. The van der Waals surface area contributed by atoms with E-state index in [0.717, 1.165) is 38.2 Å². The Kier molecular flexibility index (Phi) is 6.93. The van der Waals surface area contributed by atoms with Crippen LogP contribution in [-0.2, 0) is 0 Å². The standard InChI is InChI=1S/C29H33FN4O/c1-20(31)27-8-5-9-28(32-27)29(35)34-18-24(21-6-3-2-4-7-21)16-26(34)19-33-15-14-23(17-33)22-10-12-25(30)13-11-22/h2-13,20,23-24,26H,14-19,31H2,1H3/t20?,23?,24-,26-/m0/s1. The lowest BCUT2D eigenvalue weighted by molar-refractivity contribution is 0.0701. The largest absolute Gasteiger partial charge is 0.332 e. The molecule has 1 aromatic heterocycles. The maximum Gasteiger partial charge on any atom is 0.272 e. The van der Waals surface area contributed by atoms with Gasteiger partial charge in [-0.15, -0.1) is 0 Å². The lowest BCUT2D eigenvalue weighted by Gasteiger charge is -2.28. The molecule has 5 nitrogen and oxygen atoms in total. The van der Waals surface area contributed by atoms with Crippen molar-refractivity contribution in [1.82, 2.24) is 14.8 Å². The molecule has 0 bridgehead atoms. The minimum Gasteiger partial charge on any atom is -0.332 e. The van der Waals surface area contributed by atoms with E-state index >= 15 is 0 Å². The van der Waals surface area contributed by atoms with Crippen LogP contribution in [-0.4, -0.2) is 52.9 Å². The Morgan fingerprint density at radius 1 is 1.00 bits per heavy atom. The van der Waals surface area contributed by atoms with Gasteiger partial charge in [0.25, 0.3) is 5.91 Å². The molecule has 2 unspecified atom stereocenters. The molecule has 2 N–H and O–H groups in total. The Balaban J connectivity index is 1.34. The average Bonchev–Trinajstić information content (AvgIpc) is 3.52. The normalized spacial score (nSPS) is 23.5. The molecule has 0 saturated carbocycles. The molecule has 182 valence electrons. The summed E-state index contributed by atoms with van der Waals surface area (Å²) in [5.41, 5.74) is 9.68. The minimum atomic E-state index is -0.220. The smallest absolute Gasteiger partial charge is 0.272 e. The van der Waals surface area contributed by atoms with E-state index in [0.29, 0.717) is 24.1 Å². The van der Waals surface area contributed by atoms with Gasteiger partial charge in [0.1, 0.15) is 11.5 Å². The van der Waals surface area contributed by atoms with E-state index in [-0.39, 0.29) is 23.8 Å². The van der Waals surface area contributed by atoms with Crippen molar-refractivity contribution < 1.29 is 9.18 Å². The van der Waals surface area contributed by atoms with Crippen LogP contribution < -0.4 is 5.73 Å². The topological polar surface area (TPSA) is 62.5 Å². The number of halogens is 1. The highest BCUT2D eigenvalue weighted by Crippen LogP contribution is 2.35. The first kappa shape index (κ1) is 23.6. The van der Waals surface area contributed by atoms with Gasteiger partial charge in [0.15, 0.2) is 0 Å². The van der Waals surface area contributed by atoms with Crippen LogP contribution in [0.1, 0.15) is 65.0 Å². The van der Waals surface area contributed by atoms with Crippen LogP contribution in [0, 0.1) is 5.82 Å². The number of aromatic nitrogens is 1. The van der Waals surface area contributed by atoms with E-state index in [4.69, 9.17) is 5.73 Å². The molecule has 3 aromatic rings. The van der Waals surface area contributed by atoms with Crippen molar-refractivity contribution in [2.24, 2.45) is 5.73 Å². The summed E-state index contributed by atoms with van der Waals surface area (Å²) >= 11 is 0. The number of pyridine rings is 1. The van der Waals surface area contributed by atoms with Crippen LogP contribution in [0.3, 0.4) is 0 Å². The number of rotatable bonds is 6. The molecule has 2 aromatic carbocycles. The predicted octanol–water partition coefficient (Wildman–Crippen LogP) is 4.73. The van der Waals surface area contributed by atoms with Gasteiger partial charge in [0.2, 0.25) is 0 Å². The van der Waals surface area contributed by atoms with Gasteiger partial charge >= 0.3 is 0 Å². The Bertz CT molecular complexity index is 1150. The van der Waals surface area contributed by atoms with E-state index in [1.165, 1.54) is 11.1 Å². The molecule has 1 amide bonds. The number of benzene rings is 2. The van der Waals surface area contributed by atoms with Crippen molar-refractivity contribution in [3.8, 4) is 0 Å². The number of carbonyl (C=O) groups excluding carboxylic acids is 1. The van der Waals surface area contributed by atoms with Crippen molar-refractivity contribution in [3.05, 3.63) is 101 Å². The summed E-state index contributed by atoms with van der Waals surface area (Å²) in [6.07, 6.45) is 1.98. The summed E-state index contributed by atoms with van der Waals surface area (Å²) in [6.45, 7) is 5.31. The quantitative estimate of drug-likeness (QED) is 0.564. The first-order chi connectivity index (χ1) is 17.0. The molecule has 2 aliphatic rings. The van der Waals surface area contributed by atoms with Crippen LogP contribution in [0.25, 0.3) is 0 Å². The summed E-state index contributed by atoms with van der Waals surface area (Å²) in [5, 5.41) is 0. The fraction of sp³-hybridized carbons (Fsp3) is 0.379. The molecule has 6 heteroatoms. The maximum absolute atomic E-state index is 13.7. The second-order valence-electron chi connectivity index (χ2n) is 9.99. The fourth-order valence-corrected chi connectivity index (χ4v) is 5.58. The van der Waals surface area contributed by atoms with Gasteiger partial charge in [-0.1, -0.05) is 48.5 Å². The number of hydrogen-bond donors (Lipinski definition) is 1. The molecular weight excluding hydrogens is 439 g/mol. The third kappa shape index (κ3) is 5.29. The molecule has 2 aliphatic heterocycles. The van der Waals surface area contributed by atoms with Gasteiger partial charge in [0, 0.05) is 37.6 Å². The molecule has 0 aliphatic carbocycles. The van der Waals surface area contributed by atoms with Crippen LogP contribution in [0.15, 0.2) is 72.8 Å². The molecule has 2 fully saturated rings.